The van der Waals surface area contributed by atoms with Crippen molar-refractivity contribution in [3.05, 3.63) is 29.8 Å². The van der Waals surface area contributed by atoms with E-state index in [1.54, 1.807) is 0 Å². The van der Waals surface area contributed by atoms with Crippen LogP contribution in [-0.2, 0) is 16.1 Å². The van der Waals surface area contributed by atoms with Gasteiger partial charge in [0, 0.05) is 25.6 Å². The number of carbonyl (C=O) groups excluding carboxylic acids is 1. The molecule has 2 saturated heterocycles. The number of carbonyl (C=O) groups is 1. The van der Waals surface area contributed by atoms with Crippen LogP contribution in [-0.4, -0.2) is 49.8 Å². The normalized spacial score (nSPS) is 21.5. The Morgan fingerprint density at radius 3 is 2.81 bits per heavy atom. The van der Waals surface area contributed by atoms with Gasteiger partial charge in [-0.25, -0.2) is 0 Å². The average molecular weight is 375 g/mol. The van der Waals surface area contributed by atoms with Gasteiger partial charge in [0.25, 0.3) is 0 Å². The molecule has 5 heteroatoms. The molecule has 1 amide bonds. The van der Waals surface area contributed by atoms with Gasteiger partial charge in [-0.3, -0.25) is 4.79 Å². The summed E-state index contributed by atoms with van der Waals surface area (Å²) in [4.78, 5) is 15.0. The molecular weight excluding hydrogens is 340 g/mol. The first-order chi connectivity index (χ1) is 13.1. The highest BCUT2D eigenvalue weighted by Gasteiger charge is 2.25. The summed E-state index contributed by atoms with van der Waals surface area (Å²) in [6, 6.07) is 7.99. The minimum atomic E-state index is 0.146. The van der Waals surface area contributed by atoms with Gasteiger partial charge in [0.05, 0.1) is 6.10 Å². The molecule has 0 saturated carbocycles. The molecule has 0 spiro atoms. The monoisotopic (exact) mass is 374 g/mol. The zero-order chi connectivity index (χ0) is 19.1. The van der Waals surface area contributed by atoms with Gasteiger partial charge in [-0.15, -0.1) is 0 Å². The van der Waals surface area contributed by atoms with E-state index in [0.717, 1.165) is 63.2 Å². The van der Waals surface area contributed by atoms with E-state index in [1.165, 1.54) is 0 Å². The van der Waals surface area contributed by atoms with Gasteiger partial charge in [0.1, 0.15) is 12.4 Å². The van der Waals surface area contributed by atoms with Crippen molar-refractivity contribution in [3.8, 4) is 5.75 Å². The standard InChI is InChI=1S/C22H34N2O3/c1-17(2)15-24-10-8-19(9-11-24)22(25)23-14-18-5-3-6-20(13-18)27-16-21-7-4-12-26-21/h3,5-6,13,17,19,21H,4,7-12,14-16H2,1-2H3,(H,23,25). The second-order valence-electron chi connectivity index (χ2n) is 8.28. The predicted octanol–water partition coefficient (Wildman–Crippen LogP) is 3.23. The van der Waals surface area contributed by atoms with Crippen LogP contribution >= 0.6 is 0 Å². The van der Waals surface area contributed by atoms with E-state index in [9.17, 15) is 4.79 Å². The summed E-state index contributed by atoms with van der Waals surface area (Å²) in [5.74, 6) is 1.86. The molecule has 0 bridgehead atoms. The Labute approximate surface area is 163 Å². The smallest absolute Gasteiger partial charge is 0.223 e. The summed E-state index contributed by atoms with van der Waals surface area (Å²) in [5.41, 5.74) is 1.07. The first kappa shape index (κ1) is 20.2. The zero-order valence-corrected chi connectivity index (χ0v) is 16.8. The lowest BCUT2D eigenvalue weighted by molar-refractivity contribution is -0.126. The van der Waals surface area contributed by atoms with Gasteiger partial charge in [0.15, 0.2) is 0 Å². The summed E-state index contributed by atoms with van der Waals surface area (Å²) in [6.07, 6.45) is 4.34. The van der Waals surface area contributed by atoms with Crippen LogP contribution in [0.4, 0.5) is 0 Å². The van der Waals surface area contributed by atoms with Crippen molar-refractivity contribution < 1.29 is 14.3 Å². The molecule has 2 aliphatic rings. The van der Waals surface area contributed by atoms with Gasteiger partial charge in [-0.1, -0.05) is 26.0 Å². The Morgan fingerprint density at radius 2 is 2.11 bits per heavy atom. The van der Waals surface area contributed by atoms with Crippen LogP contribution in [0.15, 0.2) is 24.3 Å². The maximum absolute atomic E-state index is 12.5. The maximum Gasteiger partial charge on any atom is 0.223 e. The van der Waals surface area contributed by atoms with Crippen LogP contribution in [0.1, 0.15) is 45.1 Å². The molecule has 27 heavy (non-hydrogen) atoms. The van der Waals surface area contributed by atoms with Crippen LogP contribution in [0.2, 0.25) is 0 Å². The Kier molecular flexibility index (Phi) is 7.53. The lowest BCUT2D eigenvalue weighted by Crippen LogP contribution is -2.41. The predicted molar refractivity (Wildman–Crippen MR) is 107 cm³/mol. The lowest BCUT2D eigenvalue weighted by atomic mass is 9.95. The number of likely N-dealkylation sites (tertiary alicyclic amines) is 1. The number of amides is 1. The highest BCUT2D eigenvalue weighted by atomic mass is 16.5. The Hall–Kier alpha value is -1.59. The van der Waals surface area contributed by atoms with Crippen LogP contribution in [0, 0.1) is 11.8 Å². The first-order valence-corrected chi connectivity index (χ1v) is 10.4. The van der Waals surface area contributed by atoms with Crippen molar-refractivity contribution in [3.63, 3.8) is 0 Å². The molecule has 5 nitrogen and oxygen atoms in total. The lowest BCUT2D eigenvalue weighted by Gasteiger charge is -2.32. The molecule has 1 aromatic carbocycles. The number of nitrogens with one attached hydrogen (secondary N) is 1. The van der Waals surface area contributed by atoms with Crippen molar-refractivity contribution in [1.29, 1.82) is 0 Å². The van der Waals surface area contributed by atoms with E-state index >= 15 is 0 Å². The van der Waals surface area contributed by atoms with E-state index < -0.39 is 0 Å². The van der Waals surface area contributed by atoms with Gasteiger partial charge in [-0.2, -0.15) is 0 Å². The third kappa shape index (κ3) is 6.51. The number of ether oxygens (including phenoxy) is 2. The Bertz CT molecular complexity index is 591. The molecule has 1 aromatic rings. The molecule has 2 fully saturated rings. The number of piperidine rings is 1. The van der Waals surface area contributed by atoms with E-state index in [4.69, 9.17) is 9.47 Å². The highest BCUT2D eigenvalue weighted by molar-refractivity contribution is 5.78. The maximum atomic E-state index is 12.5. The van der Waals surface area contributed by atoms with Crippen molar-refractivity contribution in [2.75, 3.05) is 32.8 Å². The number of benzene rings is 1. The second kappa shape index (κ2) is 10.1. The summed E-state index contributed by atoms with van der Waals surface area (Å²) in [5, 5.41) is 3.11. The molecule has 150 valence electrons. The number of nitrogens with zero attached hydrogens (tertiary/aromatic N) is 1. The van der Waals surface area contributed by atoms with Crippen molar-refractivity contribution >= 4 is 5.91 Å². The SMILES string of the molecule is CC(C)CN1CCC(C(=O)NCc2cccc(OCC3CCCO3)c2)CC1. The fourth-order valence-electron chi connectivity index (χ4n) is 3.94. The second-order valence-corrected chi connectivity index (χ2v) is 8.28. The molecule has 0 radical (unpaired) electrons. The molecule has 3 rings (SSSR count). The van der Waals surface area contributed by atoms with E-state index in [0.29, 0.717) is 19.1 Å². The Morgan fingerprint density at radius 1 is 1.30 bits per heavy atom. The van der Waals surface area contributed by atoms with Gasteiger partial charge < -0.3 is 19.7 Å². The van der Waals surface area contributed by atoms with E-state index in [2.05, 4.69) is 24.1 Å². The van der Waals surface area contributed by atoms with Crippen LogP contribution in [0.5, 0.6) is 5.75 Å². The highest BCUT2D eigenvalue weighted by Crippen LogP contribution is 2.20. The van der Waals surface area contributed by atoms with Crippen LogP contribution < -0.4 is 10.1 Å². The van der Waals surface area contributed by atoms with Crippen molar-refractivity contribution in [1.82, 2.24) is 10.2 Å². The number of hydrogen-bond donors (Lipinski definition) is 1. The molecule has 2 aliphatic heterocycles. The molecule has 1 unspecified atom stereocenters. The third-order valence-electron chi connectivity index (χ3n) is 5.41. The summed E-state index contributed by atoms with van der Waals surface area (Å²) < 4.78 is 11.4. The number of rotatable bonds is 8. The number of hydrogen-bond acceptors (Lipinski definition) is 4. The quantitative estimate of drug-likeness (QED) is 0.759. The molecule has 1 N–H and O–H groups in total. The fraction of sp³-hybridized carbons (Fsp3) is 0.682. The first-order valence-electron chi connectivity index (χ1n) is 10.4. The van der Waals surface area contributed by atoms with E-state index in [1.807, 2.05) is 24.3 Å². The molecule has 1 atom stereocenters. The molecular formula is C22H34N2O3. The summed E-state index contributed by atoms with van der Waals surface area (Å²) in [6.45, 7) is 9.69. The summed E-state index contributed by atoms with van der Waals surface area (Å²) in [7, 11) is 0. The Balaban J connectivity index is 1.40. The molecule has 0 aliphatic carbocycles. The fourth-order valence-corrected chi connectivity index (χ4v) is 3.94. The van der Waals surface area contributed by atoms with Crippen LogP contribution in [0.25, 0.3) is 0 Å². The van der Waals surface area contributed by atoms with Gasteiger partial charge >= 0.3 is 0 Å². The topological polar surface area (TPSA) is 50.8 Å². The van der Waals surface area contributed by atoms with Gasteiger partial charge in [0.2, 0.25) is 5.91 Å². The minimum absolute atomic E-state index is 0.146. The molecule has 2 heterocycles. The van der Waals surface area contributed by atoms with Crippen molar-refractivity contribution in [2.24, 2.45) is 11.8 Å². The van der Waals surface area contributed by atoms with Crippen molar-refractivity contribution in [2.45, 2.75) is 52.2 Å². The largest absolute Gasteiger partial charge is 0.491 e. The van der Waals surface area contributed by atoms with Gasteiger partial charge in [-0.05, 0) is 62.4 Å². The summed E-state index contributed by atoms with van der Waals surface area (Å²) >= 11 is 0. The molecule has 0 aromatic heterocycles. The van der Waals surface area contributed by atoms with Crippen LogP contribution in [0.3, 0.4) is 0 Å². The average Bonchev–Trinajstić information content (AvgIpc) is 3.18. The third-order valence-corrected chi connectivity index (χ3v) is 5.41. The minimum Gasteiger partial charge on any atom is -0.491 e. The van der Waals surface area contributed by atoms with E-state index in [-0.39, 0.29) is 17.9 Å². The zero-order valence-electron chi connectivity index (χ0n) is 16.8.